The van der Waals surface area contributed by atoms with E-state index in [1.54, 1.807) is 0 Å². The Morgan fingerprint density at radius 3 is 1.20 bits per heavy atom. The first kappa shape index (κ1) is 16.5. The molecule has 0 aliphatic carbocycles. The standard InChI is InChI=1S/F2O.Ge.Mg/c1-3-2;;. The van der Waals surface area contributed by atoms with E-state index in [0.29, 0.717) is 0 Å². The van der Waals surface area contributed by atoms with Crippen molar-refractivity contribution in [3.05, 3.63) is 0 Å². The molecule has 0 amide bonds. The van der Waals surface area contributed by atoms with Gasteiger partial charge in [-0.05, 0) is 9.05 Å². The van der Waals surface area contributed by atoms with Gasteiger partial charge in [0.15, 0.2) is 0 Å². The minimum absolute atomic E-state index is 0. The number of hydrogen-bond acceptors (Lipinski definition) is 1. The maximum Gasteiger partial charge on any atom is 0.0209 e. The Hall–Kier alpha value is 1.13. The van der Waals surface area contributed by atoms with Crippen LogP contribution in [0, 0.1) is 0 Å². The summed E-state index contributed by atoms with van der Waals surface area (Å²) >= 11 is 0. The van der Waals surface area contributed by atoms with Crippen LogP contribution in [0.5, 0.6) is 0 Å². The zero-order valence-corrected chi connectivity index (χ0v) is 5.88. The van der Waals surface area contributed by atoms with Crippen LogP contribution in [0.25, 0.3) is 0 Å². The summed E-state index contributed by atoms with van der Waals surface area (Å²) in [7, 11) is 0. The number of rotatable bonds is 0. The molecule has 0 heterocycles. The minimum Gasteiger partial charge on any atom is -0.0104 e. The van der Waals surface area contributed by atoms with Crippen molar-refractivity contribution in [2.24, 2.45) is 0 Å². The molecule has 0 atom stereocenters. The molecule has 0 saturated heterocycles. The van der Waals surface area contributed by atoms with Crippen LogP contribution in [0.4, 0.5) is 9.05 Å². The number of halogens is 2. The predicted molar refractivity (Wildman–Crippen MR) is 14.8 cm³/mol. The Labute approximate surface area is 55.0 Å². The second-order valence-corrected chi connectivity index (χ2v) is 0.0583. The second kappa shape index (κ2) is 19.3. The fourth-order valence-corrected chi connectivity index (χ4v) is 0. The summed E-state index contributed by atoms with van der Waals surface area (Å²) in [5, 5.41) is 1.25. The maximum absolute atomic E-state index is 9.12. The van der Waals surface area contributed by atoms with Gasteiger partial charge in [-0.2, -0.15) is 0 Å². The van der Waals surface area contributed by atoms with E-state index in [2.05, 4.69) is 0 Å². The zero-order chi connectivity index (χ0) is 2.71. The molecular formula is F2GeMgO. The van der Waals surface area contributed by atoms with Gasteiger partial charge < -0.3 is 0 Å². The Balaban J connectivity index is -0.0000000200. The summed E-state index contributed by atoms with van der Waals surface area (Å²) in [6, 6.07) is 0. The van der Waals surface area contributed by atoms with Crippen molar-refractivity contribution in [1.82, 2.24) is 0 Å². The molecule has 0 aliphatic heterocycles. The molecule has 0 bridgehead atoms. The van der Waals surface area contributed by atoms with E-state index in [1.807, 2.05) is 0 Å². The van der Waals surface area contributed by atoms with Crippen LogP contribution >= 0.6 is 0 Å². The average Bonchev–Trinajstić information content (AvgIpc) is 0.918. The molecule has 0 saturated carbocycles. The molecule has 0 aromatic rings. The summed E-state index contributed by atoms with van der Waals surface area (Å²) in [6.07, 6.45) is 0. The van der Waals surface area contributed by atoms with Crippen molar-refractivity contribution in [3.63, 3.8) is 0 Å². The Bertz CT molecular complexity index is 9.61. The fraction of sp³-hybridized carbons (Fsp3) is 0. The zero-order valence-electron chi connectivity index (χ0n) is 2.37. The van der Waals surface area contributed by atoms with E-state index in [9.17, 15) is 0 Å². The molecular weight excluding hydrogens is 151 g/mol. The monoisotopic (exact) mass is 152 g/mol. The number of hydrogen-bond donors (Lipinski definition) is 0. The Kier molecular flexibility index (Phi) is 63.5. The van der Waals surface area contributed by atoms with Crippen molar-refractivity contribution in [1.29, 1.82) is 0 Å². The third-order valence-electron chi connectivity index (χ3n) is 0. The van der Waals surface area contributed by atoms with Gasteiger partial charge in [-0.3, -0.25) is 0 Å². The smallest absolute Gasteiger partial charge is 0.0104 e. The van der Waals surface area contributed by atoms with E-state index in [0.717, 1.165) is 0 Å². The molecule has 0 unspecified atom stereocenters. The molecule has 0 aliphatic rings. The molecule has 0 aromatic heterocycles. The third-order valence-corrected chi connectivity index (χ3v) is 0. The van der Waals surface area contributed by atoms with Gasteiger partial charge in [-0.1, -0.05) is 0 Å². The molecule has 26 valence electrons. The topological polar surface area (TPSA) is 9.23 Å². The van der Waals surface area contributed by atoms with Crippen LogP contribution < -0.4 is 0 Å². The van der Waals surface area contributed by atoms with Crippen LogP contribution in [0.15, 0.2) is 0 Å². The first-order chi connectivity index (χ1) is 1.41. The molecule has 1 nitrogen and oxygen atoms in total. The average molecular weight is 151 g/mol. The van der Waals surface area contributed by atoms with Gasteiger partial charge in [-0.25, -0.2) is 0 Å². The van der Waals surface area contributed by atoms with Crippen molar-refractivity contribution >= 4 is 40.6 Å². The van der Waals surface area contributed by atoms with E-state index in [4.69, 9.17) is 9.05 Å². The normalized spacial score (nSPS) is 3.60. The summed E-state index contributed by atoms with van der Waals surface area (Å²) in [5.41, 5.74) is 0. The summed E-state index contributed by atoms with van der Waals surface area (Å²) in [5.74, 6) is 0. The van der Waals surface area contributed by atoms with Crippen molar-refractivity contribution < 1.29 is 14.2 Å². The summed E-state index contributed by atoms with van der Waals surface area (Å²) in [4.78, 5) is 0. The maximum atomic E-state index is 9.12. The quantitative estimate of drug-likeness (QED) is 0.443. The molecule has 0 spiro atoms. The van der Waals surface area contributed by atoms with E-state index in [-0.39, 0.29) is 40.6 Å². The van der Waals surface area contributed by atoms with Gasteiger partial charge in [-0.15, -0.1) is 0 Å². The van der Waals surface area contributed by atoms with E-state index < -0.39 is 0 Å². The largest absolute Gasteiger partial charge is 0.0209 e. The Morgan fingerprint density at radius 1 is 1.20 bits per heavy atom. The van der Waals surface area contributed by atoms with Crippen molar-refractivity contribution in [3.8, 4) is 0 Å². The molecule has 5 heteroatoms. The predicted octanol–water partition coefficient (Wildman–Crippen LogP) is 0.0104. The van der Waals surface area contributed by atoms with Crippen molar-refractivity contribution in [2.45, 2.75) is 0 Å². The molecule has 5 heavy (non-hydrogen) atoms. The van der Waals surface area contributed by atoms with Crippen LogP contribution in [0.3, 0.4) is 0 Å². The van der Waals surface area contributed by atoms with Crippen LogP contribution in [0.1, 0.15) is 0 Å². The summed E-state index contributed by atoms with van der Waals surface area (Å²) in [6.45, 7) is 0. The summed E-state index contributed by atoms with van der Waals surface area (Å²) < 4.78 is 18.2. The first-order valence-corrected chi connectivity index (χ1v) is 0.309. The fourth-order valence-electron chi connectivity index (χ4n) is 0. The van der Waals surface area contributed by atoms with E-state index >= 15 is 0 Å². The van der Waals surface area contributed by atoms with Crippen LogP contribution in [-0.4, -0.2) is 40.6 Å². The molecule has 0 fully saturated rings. The molecule has 0 N–H and O–H groups in total. The molecule has 0 aromatic carbocycles. The third kappa shape index (κ3) is 39.4. The molecule has 6 radical (unpaired) electrons. The SMILES string of the molecule is FOF.[Ge].[Mg]. The van der Waals surface area contributed by atoms with E-state index in [1.165, 1.54) is 5.15 Å². The van der Waals surface area contributed by atoms with Crippen LogP contribution in [0.2, 0.25) is 0 Å². The minimum atomic E-state index is 0. The van der Waals surface area contributed by atoms with Gasteiger partial charge in [0.1, 0.15) is 0 Å². The van der Waals surface area contributed by atoms with Gasteiger partial charge in [0.05, 0.1) is 0 Å². The van der Waals surface area contributed by atoms with Crippen LogP contribution in [-0.2, 0) is 5.15 Å². The second-order valence-electron chi connectivity index (χ2n) is 0.0583. The van der Waals surface area contributed by atoms with Gasteiger partial charge in [0.2, 0.25) is 0 Å². The Morgan fingerprint density at radius 2 is 1.20 bits per heavy atom. The van der Waals surface area contributed by atoms with Gasteiger partial charge in [0, 0.05) is 45.8 Å². The van der Waals surface area contributed by atoms with Gasteiger partial charge in [0.25, 0.3) is 0 Å². The van der Waals surface area contributed by atoms with Crippen molar-refractivity contribution in [2.75, 3.05) is 0 Å². The molecule has 0 rings (SSSR count). The van der Waals surface area contributed by atoms with Gasteiger partial charge >= 0.3 is 0 Å². The first-order valence-electron chi connectivity index (χ1n) is 0.309.